The van der Waals surface area contributed by atoms with E-state index in [1.165, 1.54) is 19.5 Å². The Bertz CT molecular complexity index is 1010. The molecule has 3 rings (SSSR count). The zero-order valence-electron chi connectivity index (χ0n) is 19.6. The fourth-order valence-corrected chi connectivity index (χ4v) is 5.27. The molecule has 12 nitrogen and oxygen atoms in total. The van der Waals surface area contributed by atoms with Gasteiger partial charge in [-0.15, -0.1) is 10.2 Å². The van der Waals surface area contributed by atoms with Gasteiger partial charge in [0, 0.05) is 33.7 Å². The summed E-state index contributed by atoms with van der Waals surface area (Å²) < 4.78 is 56.1. The summed E-state index contributed by atoms with van der Waals surface area (Å²) in [6.07, 6.45) is 1.40. The Morgan fingerprint density at radius 2 is 1.82 bits per heavy atom. The van der Waals surface area contributed by atoms with Gasteiger partial charge in [-0.1, -0.05) is 11.6 Å². The van der Waals surface area contributed by atoms with Gasteiger partial charge in [0.2, 0.25) is 0 Å². The number of methoxy groups -OCH3 is 3. The number of ether oxygens (including phenoxy) is 5. The highest BCUT2D eigenvalue weighted by atomic mass is 35.5. The van der Waals surface area contributed by atoms with Crippen molar-refractivity contribution in [1.82, 2.24) is 24.7 Å². The highest BCUT2D eigenvalue weighted by molar-refractivity contribution is 7.91. The standard InChI is InChI=1S/C20H30ClN5O7S/c1-13(18(31-4)19-22-7-14(21)8-23-19)34(27,28)12-17-24-25-20(16-11-32-5-6-33-16)26(17)15(9-29-2)10-30-3/h7-8,13,15-16,18H,5-6,9-12H2,1-4H3/t13-,16+,18-/m0/s1. The van der Waals surface area contributed by atoms with Crippen LogP contribution in [-0.2, 0) is 39.3 Å². The van der Waals surface area contributed by atoms with Gasteiger partial charge in [-0.3, -0.25) is 0 Å². The fraction of sp³-hybridized carbons (Fsp3) is 0.700. The maximum atomic E-state index is 13.5. The van der Waals surface area contributed by atoms with Gasteiger partial charge in [0.25, 0.3) is 0 Å². The predicted octanol–water partition coefficient (Wildman–Crippen LogP) is 1.33. The van der Waals surface area contributed by atoms with Gasteiger partial charge in [0.1, 0.15) is 23.8 Å². The van der Waals surface area contributed by atoms with E-state index in [4.69, 9.17) is 35.3 Å². The van der Waals surface area contributed by atoms with Gasteiger partial charge in [0.15, 0.2) is 21.5 Å². The minimum absolute atomic E-state index is 0.217. The van der Waals surface area contributed by atoms with E-state index in [0.29, 0.717) is 24.1 Å². The van der Waals surface area contributed by atoms with Crippen LogP contribution in [0.5, 0.6) is 0 Å². The summed E-state index contributed by atoms with van der Waals surface area (Å²) in [5.41, 5.74) is 0. The highest BCUT2D eigenvalue weighted by Gasteiger charge is 2.36. The van der Waals surface area contributed by atoms with Crippen LogP contribution in [0, 0.1) is 0 Å². The molecule has 1 aliphatic rings. The number of sulfone groups is 1. The van der Waals surface area contributed by atoms with Crippen LogP contribution in [-0.4, -0.2) is 92.8 Å². The van der Waals surface area contributed by atoms with Crippen LogP contribution in [0.15, 0.2) is 12.4 Å². The second-order valence-electron chi connectivity index (χ2n) is 7.77. The van der Waals surface area contributed by atoms with Gasteiger partial charge >= 0.3 is 0 Å². The number of nitrogens with zero attached hydrogens (tertiary/aromatic N) is 5. The average molecular weight is 520 g/mol. The highest BCUT2D eigenvalue weighted by Crippen LogP contribution is 2.28. The first-order chi connectivity index (χ1) is 16.3. The third-order valence-electron chi connectivity index (χ3n) is 5.45. The lowest BCUT2D eigenvalue weighted by Crippen LogP contribution is -2.32. The zero-order valence-corrected chi connectivity index (χ0v) is 21.2. The minimum Gasteiger partial charge on any atom is -0.382 e. The number of rotatable bonds is 12. The molecule has 34 heavy (non-hydrogen) atoms. The molecular weight excluding hydrogens is 490 g/mol. The fourth-order valence-electron chi connectivity index (χ4n) is 3.75. The Labute approximate surface area is 203 Å². The van der Waals surface area contributed by atoms with E-state index in [0.717, 1.165) is 0 Å². The average Bonchev–Trinajstić information content (AvgIpc) is 3.23. The van der Waals surface area contributed by atoms with Crippen molar-refractivity contribution in [2.75, 3.05) is 54.4 Å². The molecule has 14 heteroatoms. The van der Waals surface area contributed by atoms with E-state index in [2.05, 4.69) is 20.2 Å². The van der Waals surface area contributed by atoms with Gasteiger partial charge in [-0.05, 0) is 6.92 Å². The van der Waals surface area contributed by atoms with Crippen LogP contribution in [0.4, 0.5) is 0 Å². The zero-order chi connectivity index (χ0) is 24.7. The Morgan fingerprint density at radius 1 is 1.15 bits per heavy atom. The van der Waals surface area contributed by atoms with Crippen LogP contribution < -0.4 is 0 Å². The molecule has 3 atom stereocenters. The molecule has 3 heterocycles. The van der Waals surface area contributed by atoms with Crippen molar-refractivity contribution in [3.63, 3.8) is 0 Å². The van der Waals surface area contributed by atoms with Gasteiger partial charge in [-0.2, -0.15) is 0 Å². The molecule has 0 radical (unpaired) electrons. The van der Waals surface area contributed by atoms with Crippen LogP contribution in [0.3, 0.4) is 0 Å². The van der Waals surface area contributed by atoms with Gasteiger partial charge < -0.3 is 28.3 Å². The smallest absolute Gasteiger partial charge is 0.165 e. The Morgan fingerprint density at radius 3 is 2.38 bits per heavy atom. The summed E-state index contributed by atoms with van der Waals surface area (Å²) in [5.74, 6) is 0.518. The molecule has 0 saturated carbocycles. The van der Waals surface area contributed by atoms with Crippen molar-refractivity contribution in [2.24, 2.45) is 0 Å². The second kappa shape index (κ2) is 12.3. The Balaban J connectivity index is 1.94. The van der Waals surface area contributed by atoms with Crippen LogP contribution in [0.2, 0.25) is 5.02 Å². The van der Waals surface area contributed by atoms with Crippen molar-refractivity contribution in [3.05, 3.63) is 34.9 Å². The van der Waals surface area contributed by atoms with E-state index < -0.39 is 33.0 Å². The van der Waals surface area contributed by atoms with Crippen LogP contribution >= 0.6 is 11.6 Å². The normalized spacial score (nSPS) is 18.8. The van der Waals surface area contributed by atoms with Gasteiger partial charge in [-0.25, -0.2) is 18.4 Å². The molecule has 1 saturated heterocycles. The lowest BCUT2D eigenvalue weighted by atomic mass is 10.2. The first-order valence-electron chi connectivity index (χ1n) is 10.6. The summed E-state index contributed by atoms with van der Waals surface area (Å²) in [6, 6.07) is -0.371. The van der Waals surface area contributed by atoms with Crippen molar-refractivity contribution >= 4 is 21.4 Å². The SMILES string of the molecule is COCC(COC)n1c(CS(=O)(=O)[C@@H](C)[C@H](OC)c2ncc(Cl)cn2)nnc1[C@H]1COCCO1. The third-order valence-corrected chi connectivity index (χ3v) is 7.69. The number of halogens is 1. The molecule has 1 fully saturated rings. The summed E-state index contributed by atoms with van der Waals surface area (Å²) in [4.78, 5) is 8.24. The lowest BCUT2D eigenvalue weighted by molar-refractivity contribution is -0.0958. The molecule has 2 aromatic rings. The monoisotopic (exact) mass is 519 g/mol. The summed E-state index contributed by atoms with van der Waals surface area (Å²) in [7, 11) is 0.717. The third kappa shape index (κ3) is 6.27. The Kier molecular flexibility index (Phi) is 9.71. The predicted molar refractivity (Wildman–Crippen MR) is 121 cm³/mol. The topological polar surface area (TPSA) is 137 Å². The first kappa shape index (κ1) is 26.9. The maximum Gasteiger partial charge on any atom is 0.165 e. The molecular formula is C20H30ClN5O7S. The van der Waals surface area contributed by atoms with E-state index >= 15 is 0 Å². The summed E-state index contributed by atoms with van der Waals surface area (Å²) in [6.45, 7) is 3.23. The van der Waals surface area contributed by atoms with E-state index in [-0.39, 0.29) is 37.5 Å². The molecule has 0 spiro atoms. The quantitative estimate of drug-likeness (QED) is 0.401. The van der Waals surface area contributed by atoms with E-state index in [1.807, 2.05) is 0 Å². The minimum atomic E-state index is -3.80. The Hall–Kier alpha value is -1.74. The van der Waals surface area contributed by atoms with Crippen molar-refractivity contribution in [3.8, 4) is 0 Å². The van der Waals surface area contributed by atoms with Gasteiger partial charge in [0.05, 0.1) is 49.3 Å². The van der Waals surface area contributed by atoms with E-state index in [1.54, 1.807) is 25.7 Å². The molecule has 190 valence electrons. The molecule has 0 N–H and O–H groups in total. The largest absolute Gasteiger partial charge is 0.382 e. The van der Waals surface area contributed by atoms with Crippen molar-refractivity contribution in [2.45, 2.75) is 36.2 Å². The summed E-state index contributed by atoms with van der Waals surface area (Å²) >= 11 is 5.86. The lowest BCUT2D eigenvalue weighted by Gasteiger charge is -2.27. The molecule has 0 amide bonds. The molecule has 1 aliphatic heterocycles. The number of hydrogen-bond donors (Lipinski definition) is 0. The molecule has 0 aromatic carbocycles. The number of hydrogen-bond acceptors (Lipinski definition) is 11. The van der Waals surface area contributed by atoms with Crippen molar-refractivity contribution < 1.29 is 32.1 Å². The number of aromatic nitrogens is 5. The molecule has 0 bridgehead atoms. The molecule has 0 unspecified atom stereocenters. The maximum absolute atomic E-state index is 13.5. The summed E-state index contributed by atoms with van der Waals surface area (Å²) in [5, 5.41) is 7.83. The second-order valence-corrected chi connectivity index (χ2v) is 10.6. The molecule has 2 aromatic heterocycles. The molecule has 0 aliphatic carbocycles. The van der Waals surface area contributed by atoms with Crippen molar-refractivity contribution in [1.29, 1.82) is 0 Å². The first-order valence-corrected chi connectivity index (χ1v) is 12.7. The van der Waals surface area contributed by atoms with Crippen LogP contribution in [0.25, 0.3) is 0 Å². The van der Waals surface area contributed by atoms with Crippen LogP contribution in [0.1, 0.15) is 42.6 Å². The van der Waals surface area contributed by atoms with E-state index in [9.17, 15) is 8.42 Å².